The first-order chi connectivity index (χ1) is 13.0. The molecule has 28 heavy (non-hydrogen) atoms. The molecule has 3 atom stereocenters. The summed E-state index contributed by atoms with van der Waals surface area (Å²) in [5.74, 6) is 1.15. The average molecular weight is 410 g/mol. The molecule has 0 spiro atoms. The van der Waals surface area contributed by atoms with E-state index in [9.17, 15) is 9.90 Å². The molecule has 1 aromatic heterocycles. The van der Waals surface area contributed by atoms with Crippen molar-refractivity contribution in [2.75, 3.05) is 13.2 Å². The highest BCUT2D eigenvalue weighted by molar-refractivity contribution is 5.93. The van der Waals surface area contributed by atoms with Crippen LogP contribution in [-0.2, 0) is 11.3 Å². The zero-order valence-electron chi connectivity index (χ0n) is 16.0. The molecular formula is C19H28ClN5O3. The van der Waals surface area contributed by atoms with Crippen molar-refractivity contribution in [2.45, 2.75) is 50.8 Å². The Morgan fingerprint density at radius 1 is 1.32 bits per heavy atom. The summed E-state index contributed by atoms with van der Waals surface area (Å²) in [4.78, 5) is 16.0. The van der Waals surface area contributed by atoms with E-state index in [1.807, 2.05) is 11.6 Å². The standard InChI is InChI=1S/C19H27N5O3.ClH/c1-2-27-10-9-24-19(14-7-8-16(25)15(20)11-14)22-18(23-24)13-5-3-12(4-6-13)17(21)26;/h3-6,14-16,25H,2,7-11,20H2,1H3,(H2,21,26);1H/t14-,15+,16+;/m0./s1. The summed E-state index contributed by atoms with van der Waals surface area (Å²) in [6.45, 7) is 3.75. The minimum absolute atomic E-state index is 0. The Bertz CT molecular complexity index is 780. The third-order valence-electron chi connectivity index (χ3n) is 5.01. The Morgan fingerprint density at radius 3 is 2.64 bits per heavy atom. The quantitative estimate of drug-likeness (QED) is 0.593. The average Bonchev–Trinajstić information content (AvgIpc) is 3.08. The van der Waals surface area contributed by atoms with E-state index >= 15 is 0 Å². The number of nitrogens with zero attached hydrogens (tertiary/aromatic N) is 3. The van der Waals surface area contributed by atoms with Crippen LogP contribution in [0.2, 0.25) is 0 Å². The maximum atomic E-state index is 11.3. The second-order valence-electron chi connectivity index (χ2n) is 6.90. The van der Waals surface area contributed by atoms with Crippen molar-refractivity contribution in [1.29, 1.82) is 0 Å². The topological polar surface area (TPSA) is 129 Å². The summed E-state index contributed by atoms with van der Waals surface area (Å²) in [5, 5.41) is 14.6. The summed E-state index contributed by atoms with van der Waals surface area (Å²) >= 11 is 0. The van der Waals surface area contributed by atoms with Crippen molar-refractivity contribution in [3.8, 4) is 11.4 Å². The molecule has 8 nitrogen and oxygen atoms in total. The van der Waals surface area contributed by atoms with Crippen LogP contribution in [0.3, 0.4) is 0 Å². The molecule has 1 aromatic carbocycles. The lowest BCUT2D eigenvalue weighted by Crippen LogP contribution is -2.40. The monoisotopic (exact) mass is 409 g/mol. The Balaban J connectivity index is 0.00000280. The van der Waals surface area contributed by atoms with E-state index in [0.717, 1.165) is 17.8 Å². The maximum absolute atomic E-state index is 11.3. The number of benzene rings is 1. The fourth-order valence-electron chi connectivity index (χ4n) is 3.45. The molecule has 0 aliphatic heterocycles. The molecule has 5 N–H and O–H groups in total. The highest BCUT2D eigenvalue weighted by Crippen LogP contribution is 2.32. The number of halogens is 1. The number of aliphatic hydroxyl groups is 1. The molecule has 1 heterocycles. The normalized spacial score (nSPS) is 21.9. The third-order valence-corrected chi connectivity index (χ3v) is 5.01. The molecule has 0 saturated heterocycles. The van der Waals surface area contributed by atoms with Crippen LogP contribution in [0.5, 0.6) is 0 Å². The van der Waals surface area contributed by atoms with E-state index in [2.05, 4.69) is 5.10 Å². The molecule has 0 bridgehead atoms. The molecule has 1 aliphatic rings. The van der Waals surface area contributed by atoms with Gasteiger partial charge in [-0.25, -0.2) is 9.67 Å². The zero-order valence-corrected chi connectivity index (χ0v) is 16.8. The smallest absolute Gasteiger partial charge is 0.248 e. The third kappa shape index (κ3) is 5.08. The van der Waals surface area contributed by atoms with Gasteiger partial charge in [0.1, 0.15) is 5.82 Å². The molecule has 9 heteroatoms. The highest BCUT2D eigenvalue weighted by Gasteiger charge is 2.31. The fourth-order valence-corrected chi connectivity index (χ4v) is 3.45. The second kappa shape index (κ2) is 9.97. The van der Waals surface area contributed by atoms with Crippen molar-refractivity contribution in [1.82, 2.24) is 14.8 Å². The van der Waals surface area contributed by atoms with Crippen LogP contribution >= 0.6 is 12.4 Å². The van der Waals surface area contributed by atoms with Crippen molar-refractivity contribution >= 4 is 18.3 Å². The number of rotatable bonds is 7. The zero-order chi connectivity index (χ0) is 19.4. The number of aromatic nitrogens is 3. The predicted octanol–water partition coefficient (Wildman–Crippen LogP) is 1.46. The van der Waals surface area contributed by atoms with Gasteiger partial charge in [0.15, 0.2) is 5.82 Å². The van der Waals surface area contributed by atoms with Crippen molar-refractivity contribution in [3.63, 3.8) is 0 Å². The lowest BCUT2D eigenvalue weighted by molar-refractivity contribution is 0.0972. The summed E-state index contributed by atoms with van der Waals surface area (Å²) in [6, 6.07) is 6.68. The van der Waals surface area contributed by atoms with Crippen LogP contribution in [0.4, 0.5) is 0 Å². The number of carbonyl (C=O) groups excluding carboxylic acids is 1. The number of ether oxygens (including phenoxy) is 1. The minimum atomic E-state index is -0.466. The van der Waals surface area contributed by atoms with E-state index in [4.69, 9.17) is 21.2 Å². The maximum Gasteiger partial charge on any atom is 0.248 e. The van der Waals surface area contributed by atoms with Gasteiger partial charge in [-0.1, -0.05) is 12.1 Å². The Morgan fingerprint density at radius 2 is 2.04 bits per heavy atom. The first-order valence-corrected chi connectivity index (χ1v) is 9.36. The Kier molecular flexibility index (Phi) is 7.94. The van der Waals surface area contributed by atoms with Crippen molar-refractivity contribution < 1.29 is 14.6 Å². The van der Waals surface area contributed by atoms with E-state index in [0.29, 0.717) is 44.0 Å². The van der Waals surface area contributed by atoms with E-state index in [1.54, 1.807) is 24.3 Å². The molecule has 154 valence electrons. The van der Waals surface area contributed by atoms with Crippen molar-refractivity contribution in [2.24, 2.45) is 11.5 Å². The fraction of sp³-hybridized carbons (Fsp3) is 0.526. The predicted molar refractivity (Wildman–Crippen MR) is 108 cm³/mol. The van der Waals surface area contributed by atoms with Crippen LogP contribution < -0.4 is 11.5 Å². The number of hydrogen-bond donors (Lipinski definition) is 3. The summed E-state index contributed by atoms with van der Waals surface area (Å²) < 4.78 is 7.35. The summed E-state index contributed by atoms with van der Waals surface area (Å²) in [7, 11) is 0. The number of hydrogen-bond acceptors (Lipinski definition) is 6. The van der Waals surface area contributed by atoms with Gasteiger partial charge >= 0.3 is 0 Å². The van der Waals surface area contributed by atoms with Gasteiger partial charge in [0.05, 0.1) is 19.3 Å². The van der Waals surface area contributed by atoms with Crippen LogP contribution in [0.15, 0.2) is 24.3 Å². The van der Waals surface area contributed by atoms with Gasteiger partial charge in [-0.2, -0.15) is 5.10 Å². The van der Waals surface area contributed by atoms with Crippen LogP contribution in [0.1, 0.15) is 48.3 Å². The molecule has 1 saturated carbocycles. The first-order valence-electron chi connectivity index (χ1n) is 9.36. The molecule has 3 rings (SSSR count). The van der Waals surface area contributed by atoms with Gasteiger partial charge in [0, 0.05) is 29.7 Å². The largest absolute Gasteiger partial charge is 0.392 e. The van der Waals surface area contributed by atoms with E-state index in [-0.39, 0.29) is 24.4 Å². The molecule has 2 aromatic rings. The second-order valence-corrected chi connectivity index (χ2v) is 6.90. The number of aliphatic hydroxyl groups excluding tert-OH is 1. The lowest BCUT2D eigenvalue weighted by atomic mass is 9.83. The molecule has 1 fully saturated rings. The SMILES string of the molecule is CCOCCn1nc(-c2ccc(C(N)=O)cc2)nc1[C@H]1CC[C@@H](O)[C@H](N)C1.Cl. The Hall–Kier alpha value is -2.00. The highest BCUT2D eigenvalue weighted by atomic mass is 35.5. The van der Waals surface area contributed by atoms with Gasteiger partial charge < -0.3 is 21.3 Å². The van der Waals surface area contributed by atoms with Crippen LogP contribution in [0.25, 0.3) is 11.4 Å². The van der Waals surface area contributed by atoms with Gasteiger partial charge in [-0.3, -0.25) is 4.79 Å². The van der Waals surface area contributed by atoms with Gasteiger partial charge in [0.25, 0.3) is 0 Å². The van der Waals surface area contributed by atoms with E-state index < -0.39 is 12.0 Å². The van der Waals surface area contributed by atoms with E-state index in [1.165, 1.54) is 0 Å². The molecule has 0 unspecified atom stereocenters. The number of primary amides is 1. The number of carbonyl (C=O) groups is 1. The lowest BCUT2D eigenvalue weighted by Gasteiger charge is -2.30. The summed E-state index contributed by atoms with van der Waals surface area (Å²) in [6.07, 6.45) is 1.70. The van der Waals surface area contributed by atoms with Gasteiger partial charge in [-0.15, -0.1) is 12.4 Å². The minimum Gasteiger partial charge on any atom is -0.392 e. The van der Waals surface area contributed by atoms with Gasteiger partial charge in [-0.05, 0) is 38.3 Å². The number of amides is 1. The first kappa shape index (κ1) is 22.3. The molecule has 1 aliphatic carbocycles. The van der Waals surface area contributed by atoms with Gasteiger partial charge in [0.2, 0.25) is 5.91 Å². The van der Waals surface area contributed by atoms with Crippen LogP contribution in [0, 0.1) is 0 Å². The number of nitrogens with two attached hydrogens (primary N) is 2. The molecular weight excluding hydrogens is 382 g/mol. The molecule has 1 amide bonds. The van der Waals surface area contributed by atoms with Crippen molar-refractivity contribution in [3.05, 3.63) is 35.7 Å². The molecule has 0 radical (unpaired) electrons. The summed E-state index contributed by atoms with van der Waals surface area (Å²) in [5.41, 5.74) is 12.6. The Labute approximate surface area is 170 Å². The van der Waals surface area contributed by atoms with Crippen LogP contribution in [-0.4, -0.2) is 51.1 Å².